The predicted octanol–water partition coefficient (Wildman–Crippen LogP) is 1.43. The fraction of sp³-hybridized carbons (Fsp3) is 0.417. The number of aromatic nitrogens is 1. The highest BCUT2D eigenvalue weighted by Gasteiger charge is 2.35. The quantitative estimate of drug-likeness (QED) is 0.474. The molecule has 2 aromatic rings. The van der Waals surface area contributed by atoms with Gasteiger partial charge in [-0.3, -0.25) is 19.3 Å². The predicted molar refractivity (Wildman–Crippen MR) is 124 cm³/mol. The van der Waals surface area contributed by atoms with Crippen molar-refractivity contribution in [1.82, 2.24) is 20.5 Å². The Bertz CT molecular complexity index is 998. The van der Waals surface area contributed by atoms with E-state index in [1.165, 1.54) is 0 Å². The zero-order chi connectivity index (χ0) is 24.0. The Labute approximate surface area is 193 Å². The molecular weight excluding hydrogens is 422 g/mol. The maximum Gasteiger partial charge on any atom is 0.317 e. The van der Waals surface area contributed by atoms with Crippen molar-refractivity contribution in [3.8, 4) is 0 Å². The molecule has 0 spiro atoms. The van der Waals surface area contributed by atoms with Gasteiger partial charge in [-0.05, 0) is 49.8 Å². The Kier molecular flexibility index (Phi) is 8.00. The van der Waals surface area contributed by atoms with Crippen molar-refractivity contribution in [2.75, 3.05) is 18.8 Å². The SMILES string of the molecule is Cc1nc(N)ccc1CNC(=O)[C@H](C)NC(=O)[C@H]1C[C@@H](c2ccccc2)CCN1CC(=O)O. The van der Waals surface area contributed by atoms with Crippen molar-refractivity contribution in [3.05, 3.63) is 59.3 Å². The first-order valence-electron chi connectivity index (χ1n) is 11.1. The Morgan fingerprint density at radius 1 is 1.21 bits per heavy atom. The summed E-state index contributed by atoms with van der Waals surface area (Å²) in [6.45, 7) is 3.97. The Morgan fingerprint density at radius 2 is 1.94 bits per heavy atom. The summed E-state index contributed by atoms with van der Waals surface area (Å²) < 4.78 is 0. The second-order valence-electron chi connectivity index (χ2n) is 8.44. The second kappa shape index (κ2) is 10.9. The largest absolute Gasteiger partial charge is 0.480 e. The fourth-order valence-corrected chi connectivity index (χ4v) is 4.18. The fourth-order valence-electron chi connectivity index (χ4n) is 4.18. The van der Waals surface area contributed by atoms with E-state index >= 15 is 0 Å². The zero-order valence-corrected chi connectivity index (χ0v) is 19.0. The van der Waals surface area contributed by atoms with Crippen molar-refractivity contribution in [1.29, 1.82) is 0 Å². The van der Waals surface area contributed by atoms with E-state index in [2.05, 4.69) is 15.6 Å². The van der Waals surface area contributed by atoms with Crippen LogP contribution in [0.3, 0.4) is 0 Å². The lowest BCUT2D eigenvalue weighted by molar-refractivity contribution is -0.141. The van der Waals surface area contributed by atoms with E-state index < -0.39 is 18.1 Å². The van der Waals surface area contributed by atoms with E-state index in [4.69, 9.17) is 5.73 Å². The number of rotatable bonds is 8. The molecule has 1 aromatic carbocycles. The van der Waals surface area contributed by atoms with Gasteiger partial charge >= 0.3 is 5.97 Å². The average molecular weight is 454 g/mol. The van der Waals surface area contributed by atoms with Gasteiger partial charge in [0.15, 0.2) is 0 Å². The third-order valence-electron chi connectivity index (χ3n) is 6.05. The van der Waals surface area contributed by atoms with Gasteiger partial charge in [-0.2, -0.15) is 0 Å². The Balaban J connectivity index is 1.62. The van der Waals surface area contributed by atoms with Gasteiger partial charge in [-0.15, -0.1) is 0 Å². The van der Waals surface area contributed by atoms with Crippen molar-refractivity contribution in [3.63, 3.8) is 0 Å². The highest BCUT2D eigenvalue weighted by atomic mass is 16.4. The van der Waals surface area contributed by atoms with Crippen molar-refractivity contribution in [2.24, 2.45) is 0 Å². The lowest BCUT2D eigenvalue weighted by atomic mass is 9.85. The van der Waals surface area contributed by atoms with E-state index in [0.29, 0.717) is 18.8 Å². The number of carboxylic acids is 1. The minimum atomic E-state index is -0.982. The number of anilines is 1. The number of aliphatic carboxylic acids is 1. The Morgan fingerprint density at radius 3 is 2.61 bits per heavy atom. The molecule has 2 amide bonds. The van der Waals surface area contributed by atoms with E-state index in [9.17, 15) is 19.5 Å². The molecule has 1 aliphatic heterocycles. The molecule has 0 bridgehead atoms. The molecule has 0 aliphatic carbocycles. The van der Waals surface area contributed by atoms with Crippen LogP contribution in [0, 0.1) is 6.92 Å². The van der Waals surface area contributed by atoms with Crippen LogP contribution in [-0.2, 0) is 20.9 Å². The molecule has 9 nitrogen and oxygen atoms in total. The third-order valence-corrected chi connectivity index (χ3v) is 6.05. The van der Waals surface area contributed by atoms with Gasteiger partial charge in [0, 0.05) is 18.8 Å². The van der Waals surface area contributed by atoms with Crippen molar-refractivity contribution < 1.29 is 19.5 Å². The van der Waals surface area contributed by atoms with Gasteiger partial charge in [0.05, 0.1) is 12.6 Å². The number of likely N-dealkylation sites (tertiary alicyclic amines) is 1. The van der Waals surface area contributed by atoms with Gasteiger partial charge in [0.2, 0.25) is 11.8 Å². The number of benzene rings is 1. The molecule has 0 radical (unpaired) electrons. The van der Waals surface area contributed by atoms with Gasteiger partial charge in [-0.25, -0.2) is 4.98 Å². The first-order chi connectivity index (χ1) is 15.7. The molecule has 33 heavy (non-hydrogen) atoms. The summed E-state index contributed by atoms with van der Waals surface area (Å²) >= 11 is 0. The summed E-state index contributed by atoms with van der Waals surface area (Å²) in [5, 5.41) is 14.9. The molecule has 5 N–H and O–H groups in total. The van der Waals surface area contributed by atoms with Crippen LogP contribution >= 0.6 is 0 Å². The summed E-state index contributed by atoms with van der Waals surface area (Å²) in [6.07, 6.45) is 1.26. The standard InChI is InChI=1S/C24H31N5O4/c1-15-19(8-9-21(25)27-15)13-26-23(32)16(2)28-24(33)20-12-18(17-6-4-3-5-7-17)10-11-29(20)14-22(30)31/h3-9,16,18,20H,10-14H2,1-2H3,(H2,25,27)(H,26,32)(H,28,33)(H,30,31)/t16-,18-,20+/m0/s1. The second-order valence-corrected chi connectivity index (χ2v) is 8.44. The first-order valence-corrected chi connectivity index (χ1v) is 11.1. The van der Waals surface area contributed by atoms with Gasteiger partial charge in [0.25, 0.3) is 0 Å². The minimum Gasteiger partial charge on any atom is -0.480 e. The zero-order valence-electron chi connectivity index (χ0n) is 19.0. The number of carbonyl (C=O) groups is 3. The molecule has 0 unspecified atom stereocenters. The smallest absolute Gasteiger partial charge is 0.317 e. The molecule has 1 aromatic heterocycles. The molecule has 1 saturated heterocycles. The topological polar surface area (TPSA) is 138 Å². The number of nitrogen functional groups attached to an aromatic ring is 1. The van der Waals surface area contributed by atoms with E-state index in [-0.39, 0.29) is 30.8 Å². The Hall–Kier alpha value is -3.46. The summed E-state index contributed by atoms with van der Waals surface area (Å²) in [5.41, 5.74) is 8.35. The lowest BCUT2D eigenvalue weighted by Gasteiger charge is -2.38. The number of carbonyl (C=O) groups excluding carboxylic acids is 2. The number of nitrogens with one attached hydrogen (secondary N) is 2. The number of carboxylic acid groups (broad SMARTS) is 1. The number of nitrogens with zero attached hydrogens (tertiary/aromatic N) is 2. The van der Waals surface area contributed by atoms with Crippen LogP contribution in [-0.4, -0.2) is 57.9 Å². The van der Waals surface area contributed by atoms with Gasteiger partial charge < -0.3 is 21.5 Å². The highest BCUT2D eigenvalue weighted by Crippen LogP contribution is 2.31. The minimum absolute atomic E-state index is 0.150. The van der Waals surface area contributed by atoms with E-state index in [1.54, 1.807) is 24.0 Å². The summed E-state index contributed by atoms with van der Waals surface area (Å²) in [4.78, 5) is 42.9. The lowest BCUT2D eigenvalue weighted by Crippen LogP contribution is -2.55. The molecule has 2 heterocycles. The van der Waals surface area contributed by atoms with Crippen LogP contribution in [0.1, 0.15) is 42.5 Å². The van der Waals surface area contributed by atoms with Gasteiger partial charge in [-0.1, -0.05) is 36.4 Å². The van der Waals surface area contributed by atoms with E-state index in [1.807, 2.05) is 37.3 Å². The third kappa shape index (κ3) is 6.52. The number of hydrogen-bond acceptors (Lipinski definition) is 6. The van der Waals surface area contributed by atoms with Crippen LogP contribution in [0.5, 0.6) is 0 Å². The molecule has 1 aliphatic rings. The van der Waals surface area contributed by atoms with Crippen molar-refractivity contribution in [2.45, 2.75) is 51.2 Å². The van der Waals surface area contributed by atoms with Crippen LogP contribution in [0.2, 0.25) is 0 Å². The van der Waals surface area contributed by atoms with Crippen LogP contribution in [0.15, 0.2) is 42.5 Å². The average Bonchev–Trinajstić information content (AvgIpc) is 2.78. The number of piperidine rings is 1. The van der Waals surface area contributed by atoms with E-state index in [0.717, 1.165) is 23.2 Å². The first kappa shape index (κ1) is 24.2. The molecule has 0 saturated carbocycles. The monoisotopic (exact) mass is 453 g/mol. The van der Waals surface area contributed by atoms with Crippen LogP contribution < -0.4 is 16.4 Å². The summed E-state index contributed by atoms with van der Waals surface area (Å²) in [6, 6.07) is 12.0. The number of aryl methyl sites for hydroxylation is 1. The number of hydrogen-bond donors (Lipinski definition) is 4. The van der Waals surface area contributed by atoms with Gasteiger partial charge in [0.1, 0.15) is 11.9 Å². The maximum absolute atomic E-state index is 13.1. The molecule has 176 valence electrons. The molecular formula is C24H31N5O4. The van der Waals surface area contributed by atoms with Crippen LogP contribution in [0.25, 0.3) is 0 Å². The normalized spacial score (nSPS) is 19.5. The van der Waals surface area contributed by atoms with Crippen LogP contribution in [0.4, 0.5) is 5.82 Å². The summed E-state index contributed by atoms with van der Waals surface area (Å²) in [7, 11) is 0. The van der Waals surface area contributed by atoms with Crippen molar-refractivity contribution >= 4 is 23.6 Å². The maximum atomic E-state index is 13.1. The summed E-state index contributed by atoms with van der Waals surface area (Å²) in [5.74, 6) is -1.10. The molecule has 1 fully saturated rings. The number of nitrogens with two attached hydrogens (primary N) is 1. The molecule has 9 heteroatoms. The molecule has 3 atom stereocenters. The number of amides is 2. The molecule has 3 rings (SSSR count). The number of pyridine rings is 1. The highest BCUT2D eigenvalue weighted by molar-refractivity contribution is 5.89.